The summed E-state index contributed by atoms with van der Waals surface area (Å²) in [5.41, 5.74) is 2.84. The molecule has 1 N–H and O–H groups in total. The largest absolute Gasteiger partial charge is 0.481 e. The van der Waals surface area contributed by atoms with Crippen molar-refractivity contribution in [2.75, 3.05) is 6.54 Å². The van der Waals surface area contributed by atoms with Gasteiger partial charge in [0.1, 0.15) is 5.82 Å². The molecule has 1 aromatic heterocycles. The summed E-state index contributed by atoms with van der Waals surface area (Å²) >= 11 is 0. The van der Waals surface area contributed by atoms with Crippen LogP contribution >= 0.6 is 0 Å². The van der Waals surface area contributed by atoms with E-state index in [-0.39, 0.29) is 18.4 Å². The number of carboxylic acid groups (broad SMARTS) is 1. The van der Waals surface area contributed by atoms with Gasteiger partial charge in [0.05, 0.1) is 12.3 Å². The van der Waals surface area contributed by atoms with Crippen molar-refractivity contribution in [3.8, 4) is 11.1 Å². The van der Waals surface area contributed by atoms with Crippen molar-refractivity contribution in [2.24, 2.45) is 5.92 Å². The van der Waals surface area contributed by atoms with E-state index in [1.807, 2.05) is 38.1 Å². The number of nitrogens with zero attached hydrogens (tertiary/aromatic N) is 3. The van der Waals surface area contributed by atoms with Gasteiger partial charge in [-0.25, -0.2) is 9.97 Å². The molecule has 0 saturated carbocycles. The summed E-state index contributed by atoms with van der Waals surface area (Å²) in [6.07, 6.45) is 5.21. The zero-order valence-electron chi connectivity index (χ0n) is 15.1. The molecule has 3 rings (SSSR count). The summed E-state index contributed by atoms with van der Waals surface area (Å²) in [5, 5.41) is 9.22. The first kappa shape index (κ1) is 18.0. The van der Waals surface area contributed by atoms with Crippen molar-refractivity contribution in [3.05, 3.63) is 48.0 Å². The molecule has 26 heavy (non-hydrogen) atoms. The fourth-order valence-corrected chi connectivity index (χ4v) is 3.29. The van der Waals surface area contributed by atoms with E-state index in [2.05, 4.69) is 9.97 Å². The van der Waals surface area contributed by atoms with Gasteiger partial charge in [-0.3, -0.25) is 9.59 Å². The maximum Gasteiger partial charge on any atom is 0.308 e. The molecule has 1 aromatic carbocycles. The minimum Gasteiger partial charge on any atom is -0.481 e. The lowest BCUT2D eigenvalue weighted by Crippen LogP contribution is -2.47. The maximum atomic E-state index is 12.7. The Kier molecular flexibility index (Phi) is 5.30. The number of benzene rings is 1. The number of rotatable bonds is 4. The van der Waals surface area contributed by atoms with E-state index in [9.17, 15) is 14.7 Å². The lowest BCUT2D eigenvalue weighted by atomic mass is 9.93. The molecule has 0 unspecified atom stereocenters. The molecule has 1 amide bonds. The average molecular weight is 353 g/mol. The highest BCUT2D eigenvalue weighted by atomic mass is 16.4. The van der Waals surface area contributed by atoms with Crippen LogP contribution in [0.4, 0.5) is 0 Å². The van der Waals surface area contributed by atoms with Crippen LogP contribution in [-0.4, -0.2) is 44.4 Å². The maximum absolute atomic E-state index is 12.7. The van der Waals surface area contributed by atoms with Gasteiger partial charge >= 0.3 is 5.97 Å². The first-order valence-electron chi connectivity index (χ1n) is 8.84. The first-order valence-corrected chi connectivity index (χ1v) is 8.84. The first-order chi connectivity index (χ1) is 12.4. The van der Waals surface area contributed by atoms with Crippen LogP contribution in [0.2, 0.25) is 0 Å². The van der Waals surface area contributed by atoms with Crippen LogP contribution in [0.3, 0.4) is 0 Å². The Bertz CT molecular complexity index is 787. The molecule has 1 aliphatic heterocycles. The van der Waals surface area contributed by atoms with Crippen LogP contribution in [0.25, 0.3) is 11.1 Å². The van der Waals surface area contributed by atoms with Gasteiger partial charge in [-0.2, -0.15) is 0 Å². The van der Waals surface area contributed by atoms with E-state index in [1.165, 1.54) is 0 Å². The van der Waals surface area contributed by atoms with Crippen LogP contribution in [0, 0.1) is 12.8 Å². The topological polar surface area (TPSA) is 83.4 Å². The van der Waals surface area contributed by atoms with Crippen molar-refractivity contribution in [1.82, 2.24) is 14.9 Å². The predicted octanol–water partition coefficient (Wildman–Crippen LogP) is 2.71. The van der Waals surface area contributed by atoms with Crippen molar-refractivity contribution in [2.45, 2.75) is 39.2 Å². The third-order valence-corrected chi connectivity index (χ3v) is 4.98. The third kappa shape index (κ3) is 4.07. The zero-order chi connectivity index (χ0) is 18.7. The molecule has 1 saturated heterocycles. The van der Waals surface area contributed by atoms with E-state index >= 15 is 0 Å². The smallest absolute Gasteiger partial charge is 0.308 e. The van der Waals surface area contributed by atoms with Gasteiger partial charge in [0, 0.05) is 30.5 Å². The Balaban J connectivity index is 1.67. The fourth-order valence-electron chi connectivity index (χ4n) is 3.29. The minimum absolute atomic E-state index is 0.0186. The standard InChI is InChI=1S/C20H23N3O3/c1-13-3-6-17(20(25)26)12-23(13)19(24)9-15-4-7-16(8-5-15)18-10-21-14(2)22-11-18/h4-5,7-8,10-11,13,17H,3,6,9,12H2,1-2H3,(H,25,26)/t13-,17+/m0/s1. The summed E-state index contributed by atoms with van der Waals surface area (Å²) in [7, 11) is 0. The molecular weight excluding hydrogens is 330 g/mol. The molecule has 0 spiro atoms. The molecule has 136 valence electrons. The average Bonchev–Trinajstić information content (AvgIpc) is 2.63. The molecule has 0 aliphatic carbocycles. The minimum atomic E-state index is -0.820. The molecule has 0 radical (unpaired) electrons. The van der Waals surface area contributed by atoms with Gasteiger partial charge in [0.2, 0.25) is 5.91 Å². The lowest BCUT2D eigenvalue weighted by molar-refractivity contribution is -0.146. The molecule has 2 heterocycles. The highest BCUT2D eigenvalue weighted by molar-refractivity contribution is 5.80. The Hall–Kier alpha value is -2.76. The number of aryl methyl sites for hydroxylation is 1. The number of amides is 1. The number of carboxylic acids is 1. The second-order valence-corrected chi connectivity index (χ2v) is 6.90. The van der Waals surface area contributed by atoms with Gasteiger partial charge in [-0.05, 0) is 37.8 Å². The number of carbonyl (C=O) groups excluding carboxylic acids is 1. The van der Waals surface area contributed by atoms with Crippen LogP contribution in [0.1, 0.15) is 31.2 Å². The highest BCUT2D eigenvalue weighted by Crippen LogP contribution is 2.24. The number of carbonyl (C=O) groups is 2. The van der Waals surface area contributed by atoms with E-state index in [0.717, 1.165) is 28.9 Å². The number of hydrogen-bond donors (Lipinski definition) is 1. The van der Waals surface area contributed by atoms with Crippen LogP contribution in [0.5, 0.6) is 0 Å². The Labute approximate surface area is 152 Å². The number of aromatic nitrogens is 2. The normalized spacial score (nSPS) is 20.0. The van der Waals surface area contributed by atoms with Crippen molar-refractivity contribution in [3.63, 3.8) is 0 Å². The van der Waals surface area contributed by atoms with Gasteiger partial charge in [0.15, 0.2) is 0 Å². The molecule has 0 bridgehead atoms. The Morgan fingerprint density at radius 1 is 1.12 bits per heavy atom. The SMILES string of the molecule is Cc1ncc(-c2ccc(CC(=O)N3C[C@H](C(=O)O)CC[C@@H]3C)cc2)cn1. The van der Waals surface area contributed by atoms with Crippen molar-refractivity contribution >= 4 is 11.9 Å². The summed E-state index contributed by atoms with van der Waals surface area (Å²) in [4.78, 5) is 34.0. The molecule has 6 heteroatoms. The molecule has 2 atom stereocenters. The number of piperidine rings is 1. The zero-order valence-corrected chi connectivity index (χ0v) is 15.1. The quantitative estimate of drug-likeness (QED) is 0.914. The van der Waals surface area contributed by atoms with E-state index in [4.69, 9.17) is 0 Å². The molecular formula is C20H23N3O3. The number of hydrogen-bond acceptors (Lipinski definition) is 4. The summed E-state index contributed by atoms with van der Waals surface area (Å²) in [5.74, 6) is -0.570. The van der Waals surface area contributed by atoms with E-state index in [0.29, 0.717) is 13.0 Å². The van der Waals surface area contributed by atoms with E-state index < -0.39 is 11.9 Å². The second-order valence-electron chi connectivity index (χ2n) is 6.90. The van der Waals surface area contributed by atoms with Crippen molar-refractivity contribution in [1.29, 1.82) is 0 Å². The summed E-state index contributed by atoms with van der Waals surface area (Å²) < 4.78 is 0. The van der Waals surface area contributed by atoms with Gasteiger partial charge in [-0.15, -0.1) is 0 Å². The molecule has 1 fully saturated rings. The van der Waals surface area contributed by atoms with Crippen LogP contribution in [-0.2, 0) is 16.0 Å². The lowest BCUT2D eigenvalue weighted by Gasteiger charge is -2.36. The number of aliphatic carboxylic acids is 1. The third-order valence-electron chi connectivity index (χ3n) is 4.98. The van der Waals surface area contributed by atoms with E-state index in [1.54, 1.807) is 17.3 Å². The summed E-state index contributed by atoms with van der Waals surface area (Å²) in [6.45, 7) is 4.12. The predicted molar refractivity (Wildman–Crippen MR) is 97.4 cm³/mol. The molecule has 2 aromatic rings. The van der Waals surface area contributed by atoms with Gasteiger partial charge in [-0.1, -0.05) is 24.3 Å². The number of likely N-dealkylation sites (tertiary alicyclic amines) is 1. The second kappa shape index (κ2) is 7.64. The summed E-state index contributed by atoms with van der Waals surface area (Å²) in [6, 6.07) is 7.85. The van der Waals surface area contributed by atoms with Gasteiger partial charge < -0.3 is 10.0 Å². The highest BCUT2D eigenvalue weighted by Gasteiger charge is 2.32. The molecule has 6 nitrogen and oxygen atoms in total. The van der Waals surface area contributed by atoms with Gasteiger partial charge in [0.25, 0.3) is 0 Å². The fraction of sp³-hybridized carbons (Fsp3) is 0.400. The van der Waals surface area contributed by atoms with Crippen LogP contribution in [0.15, 0.2) is 36.7 Å². The van der Waals surface area contributed by atoms with Crippen molar-refractivity contribution < 1.29 is 14.7 Å². The molecule has 1 aliphatic rings. The van der Waals surface area contributed by atoms with Crippen LogP contribution < -0.4 is 0 Å². The Morgan fingerprint density at radius 2 is 1.77 bits per heavy atom. The monoisotopic (exact) mass is 353 g/mol. The Morgan fingerprint density at radius 3 is 2.38 bits per heavy atom.